The van der Waals surface area contributed by atoms with E-state index in [1.165, 1.54) is 7.11 Å². The lowest BCUT2D eigenvalue weighted by Crippen LogP contribution is -2.53. The van der Waals surface area contributed by atoms with Gasteiger partial charge in [-0.05, 0) is 24.8 Å². The smallest absolute Gasteiger partial charge is 0.341 e. The minimum absolute atomic E-state index is 0.112. The van der Waals surface area contributed by atoms with Crippen LogP contribution in [-0.2, 0) is 23.8 Å². The highest BCUT2D eigenvalue weighted by atomic mass is 16.7. The van der Waals surface area contributed by atoms with Gasteiger partial charge in [0.15, 0.2) is 11.6 Å². The van der Waals surface area contributed by atoms with Crippen LogP contribution in [0.2, 0.25) is 0 Å². The molecule has 2 fully saturated rings. The maximum absolute atomic E-state index is 12.2. The van der Waals surface area contributed by atoms with E-state index in [4.69, 9.17) is 14.2 Å². The number of hydrogen-bond acceptors (Lipinski definition) is 5. The third kappa shape index (κ3) is 1.69. The Hall–Kier alpha value is -1.20. The van der Waals surface area contributed by atoms with Crippen LogP contribution in [0.5, 0.6) is 0 Å². The molecule has 5 nitrogen and oxygen atoms in total. The normalized spacial score (nSPS) is 32.4. The monoisotopic (exact) mass is 280 g/mol. The lowest BCUT2D eigenvalue weighted by Gasteiger charge is -2.51. The maximum atomic E-state index is 12.2. The highest BCUT2D eigenvalue weighted by Crippen LogP contribution is 2.57. The SMILES string of the molecule is COC(=O)C1=C2CCCC3(OCCO3)C2(C)CCC1=O. The molecule has 110 valence electrons. The van der Waals surface area contributed by atoms with Crippen LogP contribution in [0.4, 0.5) is 0 Å². The predicted molar refractivity (Wildman–Crippen MR) is 69.9 cm³/mol. The molecule has 3 rings (SSSR count). The highest BCUT2D eigenvalue weighted by Gasteiger charge is 2.59. The molecule has 0 aromatic carbocycles. The highest BCUT2D eigenvalue weighted by molar-refractivity contribution is 6.18. The molecule has 5 heteroatoms. The van der Waals surface area contributed by atoms with E-state index >= 15 is 0 Å². The quantitative estimate of drug-likeness (QED) is 0.541. The van der Waals surface area contributed by atoms with E-state index in [1.54, 1.807) is 0 Å². The first-order valence-corrected chi connectivity index (χ1v) is 7.17. The average molecular weight is 280 g/mol. The number of rotatable bonds is 1. The lowest BCUT2D eigenvalue weighted by molar-refractivity contribution is -0.237. The number of fused-ring (bicyclic) bond motifs is 2. The largest absolute Gasteiger partial charge is 0.465 e. The molecule has 0 aromatic heterocycles. The second-order valence-electron chi connectivity index (χ2n) is 5.90. The second-order valence-corrected chi connectivity index (χ2v) is 5.90. The van der Waals surface area contributed by atoms with Gasteiger partial charge in [-0.25, -0.2) is 4.79 Å². The molecule has 1 aliphatic heterocycles. The fraction of sp³-hybridized carbons (Fsp3) is 0.733. The number of esters is 1. The summed E-state index contributed by atoms with van der Waals surface area (Å²) in [5, 5.41) is 0. The van der Waals surface area contributed by atoms with E-state index in [9.17, 15) is 9.59 Å². The van der Waals surface area contributed by atoms with Crippen LogP contribution in [0, 0.1) is 5.41 Å². The maximum Gasteiger partial charge on any atom is 0.341 e. The summed E-state index contributed by atoms with van der Waals surface area (Å²) in [7, 11) is 1.32. The minimum Gasteiger partial charge on any atom is -0.465 e. The van der Waals surface area contributed by atoms with Gasteiger partial charge in [-0.3, -0.25) is 4.79 Å². The number of carbonyl (C=O) groups excluding carboxylic acids is 2. The summed E-state index contributed by atoms with van der Waals surface area (Å²) in [6.07, 6.45) is 3.43. The van der Waals surface area contributed by atoms with Crippen molar-refractivity contribution < 1.29 is 23.8 Å². The molecule has 3 aliphatic rings. The second kappa shape index (κ2) is 4.67. The van der Waals surface area contributed by atoms with Gasteiger partial charge in [0.25, 0.3) is 0 Å². The minimum atomic E-state index is -0.666. The van der Waals surface area contributed by atoms with Gasteiger partial charge in [0.2, 0.25) is 0 Å². The molecule has 1 saturated heterocycles. The zero-order valence-electron chi connectivity index (χ0n) is 12.0. The van der Waals surface area contributed by atoms with Crippen molar-refractivity contribution in [3.05, 3.63) is 11.1 Å². The Morgan fingerprint density at radius 3 is 2.55 bits per heavy atom. The summed E-state index contributed by atoms with van der Waals surface area (Å²) in [6, 6.07) is 0. The molecular formula is C15H20O5. The van der Waals surface area contributed by atoms with Crippen LogP contribution in [0.3, 0.4) is 0 Å². The van der Waals surface area contributed by atoms with Crippen molar-refractivity contribution in [2.45, 2.75) is 44.8 Å². The summed E-state index contributed by atoms with van der Waals surface area (Å²) in [4.78, 5) is 24.1. The van der Waals surface area contributed by atoms with Gasteiger partial charge in [-0.1, -0.05) is 6.92 Å². The van der Waals surface area contributed by atoms with Gasteiger partial charge in [0, 0.05) is 18.3 Å². The molecule has 20 heavy (non-hydrogen) atoms. The number of ether oxygens (including phenoxy) is 3. The lowest BCUT2D eigenvalue weighted by atomic mass is 9.60. The van der Waals surface area contributed by atoms with E-state index in [1.807, 2.05) is 0 Å². The van der Waals surface area contributed by atoms with Crippen LogP contribution in [0.15, 0.2) is 11.1 Å². The van der Waals surface area contributed by atoms with Gasteiger partial charge in [-0.15, -0.1) is 0 Å². The zero-order valence-corrected chi connectivity index (χ0v) is 12.0. The molecule has 1 heterocycles. The first kappa shape index (κ1) is 13.8. The Labute approximate surface area is 118 Å². The fourth-order valence-electron chi connectivity index (χ4n) is 3.94. The van der Waals surface area contributed by atoms with Crippen molar-refractivity contribution in [1.29, 1.82) is 0 Å². The summed E-state index contributed by atoms with van der Waals surface area (Å²) in [5.74, 6) is -1.30. The molecular weight excluding hydrogens is 260 g/mol. The Morgan fingerprint density at radius 2 is 1.90 bits per heavy atom. The molecule has 2 aliphatic carbocycles. The summed E-state index contributed by atoms with van der Waals surface area (Å²) < 4.78 is 16.7. The van der Waals surface area contributed by atoms with Crippen LogP contribution >= 0.6 is 0 Å². The molecule has 1 spiro atoms. The fourth-order valence-corrected chi connectivity index (χ4v) is 3.94. The Kier molecular flexibility index (Phi) is 3.21. The number of Topliss-reactive ketones (excluding diaryl/α,β-unsaturated/α-hetero) is 1. The molecule has 0 bridgehead atoms. The first-order valence-electron chi connectivity index (χ1n) is 7.17. The molecule has 1 unspecified atom stereocenters. The van der Waals surface area contributed by atoms with Gasteiger partial charge >= 0.3 is 5.97 Å². The van der Waals surface area contributed by atoms with E-state index in [2.05, 4.69) is 6.92 Å². The number of ketones is 1. The van der Waals surface area contributed by atoms with Gasteiger partial charge in [0.1, 0.15) is 5.57 Å². The molecule has 0 radical (unpaired) electrons. The number of hydrogen-bond donors (Lipinski definition) is 0. The number of carbonyl (C=O) groups is 2. The Bertz CT molecular complexity index is 486. The van der Waals surface area contributed by atoms with E-state index < -0.39 is 17.2 Å². The van der Waals surface area contributed by atoms with E-state index in [-0.39, 0.29) is 11.4 Å². The van der Waals surface area contributed by atoms with Crippen LogP contribution < -0.4 is 0 Å². The summed E-state index contributed by atoms with van der Waals surface area (Å²) >= 11 is 0. The van der Waals surface area contributed by atoms with E-state index in [0.29, 0.717) is 26.1 Å². The summed E-state index contributed by atoms with van der Waals surface area (Å²) in [5.41, 5.74) is 0.701. The predicted octanol–water partition coefficient (Wildman–Crippen LogP) is 1.75. The standard InChI is InChI=1S/C15H20O5/c1-14-7-5-11(16)12(13(17)18-2)10(14)4-3-6-15(14)19-8-9-20-15/h3-9H2,1-2H3. The molecule has 0 amide bonds. The summed E-state index contributed by atoms with van der Waals surface area (Å²) in [6.45, 7) is 3.21. The van der Waals surface area contributed by atoms with Crippen molar-refractivity contribution in [3.8, 4) is 0 Å². The van der Waals surface area contributed by atoms with Crippen molar-refractivity contribution in [2.24, 2.45) is 5.41 Å². The van der Waals surface area contributed by atoms with Crippen molar-refractivity contribution in [1.82, 2.24) is 0 Å². The zero-order chi connectivity index (χ0) is 14.4. The Morgan fingerprint density at radius 1 is 1.20 bits per heavy atom. The topological polar surface area (TPSA) is 61.8 Å². The average Bonchev–Trinajstić information content (AvgIpc) is 2.91. The first-order chi connectivity index (χ1) is 9.54. The van der Waals surface area contributed by atoms with Crippen molar-refractivity contribution in [2.75, 3.05) is 20.3 Å². The van der Waals surface area contributed by atoms with Crippen LogP contribution in [0.1, 0.15) is 39.0 Å². The van der Waals surface area contributed by atoms with Crippen LogP contribution in [0.25, 0.3) is 0 Å². The van der Waals surface area contributed by atoms with E-state index in [0.717, 1.165) is 24.8 Å². The molecule has 0 N–H and O–H groups in total. The van der Waals surface area contributed by atoms with Crippen LogP contribution in [-0.4, -0.2) is 37.9 Å². The third-order valence-corrected chi connectivity index (χ3v) is 5.02. The van der Waals surface area contributed by atoms with Gasteiger partial charge in [0.05, 0.1) is 20.3 Å². The van der Waals surface area contributed by atoms with Gasteiger partial charge in [-0.2, -0.15) is 0 Å². The van der Waals surface area contributed by atoms with Crippen molar-refractivity contribution in [3.63, 3.8) is 0 Å². The molecule has 0 aromatic rings. The molecule has 1 atom stereocenters. The van der Waals surface area contributed by atoms with Gasteiger partial charge < -0.3 is 14.2 Å². The molecule has 1 saturated carbocycles. The Balaban J connectivity index is 2.13. The van der Waals surface area contributed by atoms with Crippen molar-refractivity contribution >= 4 is 11.8 Å². The third-order valence-electron chi connectivity index (χ3n) is 5.02. The number of methoxy groups -OCH3 is 1.